The molecule has 0 unspecified atom stereocenters. The van der Waals surface area contributed by atoms with Crippen LogP contribution < -0.4 is 4.72 Å². The number of piperazine rings is 1. The predicted octanol–water partition coefficient (Wildman–Crippen LogP) is 3.47. The molecule has 1 fully saturated rings. The number of halogens is 1. The van der Waals surface area contributed by atoms with Crippen molar-refractivity contribution in [3.63, 3.8) is 0 Å². The van der Waals surface area contributed by atoms with E-state index in [1.807, 2.05) is 39.6 Å². The molecule has 1 aromatic carbocycles. The van der Waals surface area contributed by atoms with E-state index >= 15 is 0 Å². The average Bonchev–Trinajstić information content (AvgIpc) is 3.12. The van der Waals surface area contributed by atoms with Crippen molar-refractivity contribution in [2.45, 2.75) is 32.6 Å². The summed E-state index contributed by atoms with van der Waals surface area (Å²) in [7, 11) is -3.47. The highest BCUT2D eigenvalue weighted by Crippen LogP contribution is 2.28. The van der Waals surface area contributed by atoms with Gasteiger partial charge >= 0.3 is 0 Å². The minimum absolute atomic E-state index is 0.0911. The SMILES string of the molecule is CC(=O)N1CCN(Cc2c(-c3ccc(Cl)cc3)nc3ccc(NS(=O)(=O)C(C)C)cn23)CC1. The number of benzene rings is 1. The Morgan fingerprint density at radius 2 is 1.76 bits per heavy atom. The van der Waals surface area contributed by atoms with E-state index in [-0.39, 0.29) is 5.91 Å². The summed E-state index contributed by atoms with van der Waals surface area (Å²) in [5.74, 6) is 0.0911. The van der Waals surface area contributed by atoms with Gasteiger partial charge in [0.05, 0.1) is 22.3 Å². The fraction of sp³-hybridized carbons (Fsp3) is 0.391. The van der Waals surface area contributed by atoms with Crippen molar-refractivity contribution in [2.24, 2.45) is 0 Å². The van der Waals surface area contributed by atoms with Gasteiger partial charge in [0.1, 0.15) is 5.65 Å². The lowest BCUT2D eigenvalue weighted by Gasteiger charge is -2.34. The molecule has 3 aromatic rings. The molecule has 1 N–H and O–H groups in total. The van der Waals surface area contributed by atoms with Gasteiger partial charge in [-0.2, -0.15) is 0 Å². The number of nitrogens with one attached hydrogen (secondary N) is 1. The van der Waals surface area contributed by atoms with Gasteiger partial charge in [-0.25, -0.2) is 13.4 Å². The van der Waals surface area contributed by atoms with E-state index in [2.05, 4.69) is 9.62 Å². The molecule has 0 radical (unpaired) electrons. The number of carbonyl (C=O) groups is 1. The second-order valence-electron chi connectivity index (χ2n) is 8.54. The molecule has 8 nitrogen and oxygen atoms in total. The number of fused-ring (bicyclic) bond motifs is 1. The number of amides is 1. The molecule has 0 aliphatic carbocycles. The minimum Gasteiger partial charge on any atom is -0.340 e. The van der Waals surface area contributed by atoms with E-state index in [0.717, 1.165) is 35.7 Å². The zero-order valence-corrected chi connectivity index (χ0v) is 20.5. The lowest BCUT2D eigenvalue weighted by Crippen LogP contribution is -2.47. The van der Waals surface area contributed by atoms with Crippen LogP contribution in [0, 0.1) is 0 Å². The number of sulfonamides is 1. The third-order valence-corrected chi connectivity index (χ3v) is 7.92. The van der Waals surface area contributed by atoms with Gasteiger partial charge in [-0.3, -0.25) is 18.8 Å². The first-order valence-corrected chi connectivity index (χ1v) is 12.8. The van der Waals surface area contributed by atoms with E-state index in [4.69, 9.17) is 16.6 Å². The molecule has 0 spiro atoms. The molecule has 1 aliphatic heterocycles. The summed E-state index contributed by atoms with van der Waals surface area (Å²) < 4.78 is 29.4. The lowest BCUT2D eigenvalue weighted by molar-refractivity contribution is -0.130. The Balaban J connectivity index is 1.73. The summed E-state index contributed by atoms with van der Waals surface area (Å²) in [5.41, 5.74) is 3.92. The minimum atomic E-state index is -3.47. The molecule has 1 aliphatic rings. The Morgan fingerprint density at radius 1 is 1.09 bits per heavy atom. The maximum absolute atomic E-state index is 12.4. The van der Waals surface area contributed by atoms with Crippen molar-refractivity contribution in [3.05, 3.63) is 53.3 Å². The smallest absolute Gasteiger partial charge is 0.235 e. The highest BCUT2D eigenvalue weighted by Gasteiger charge is 2.23. The fourth-order valence-electron chi connectivity index (χ4n) is 3.86. The van der Waals surface area contributed by atoms with Crippen molar-refractivity contribution in [2.75, 3.05) is 30.9 Å². The number of carbonyl (C=O) groups excluding carboxylic acids is 1. The summed E-state index contributed by atoms with van der Waals surface area (Å²) in [6.07, 6.45) is 1.78. The van der Waals surface area contributed by atoms with Gasteiger partial charge in [-0.1, -0.05) is 23.7 Å². The average molecular weight is 490 g/mol. The molecule has 33 heavy (non-hydrogen) atoms. The van der Waals surface area contributed by atoms with Crippen LogP contribution in [-0.4, -0.2) is 64.9 Å². The number of hydrogen-bond acceptors (Lipinski definition) is 5. The number of hydrogen-bond donors (Lipinski definition) is 1. The third kappa shape index (κ3) is 5.15. The van der Waals surface area contributed by atoms with Crippen LogP contribution in [0.15, 0.2) is 42.6 Å². The van der Waals surface area contributed by atoms with Crippen LogP contribution in [0.1, 0.15) is 26.5 Å². The number of imidazole rings is 1. The van der Waals surface area contributed by atoms with Crippen LogP contribution in [0.4, 0.5) is 5.69 Å². The van der Waals surface area contributed by atoms with E-state index in [1.54, 1.807) is 33.0 Å². The predicted molar refractivity (Wildman–Crippen MR) is 131 cm³/mol. The van der Waals surface area contributed by atoms with Crippen molar-refractivity contribution in [3.8, 4) is 11.3 Å². The first kappa shape index (κ1) is 23.5. The standard InChI is InChI=1S/C23H28ClN5O3S/c1-16(2)33(31,32)26-20-8-9-22-25-23(18-4-6-19(24)7-5-18)21(29(22)14-20)15-27-10-12-28(13-11-27)17(3)30/h4-9,14,16,26H,10-13,15H2,1-3H3. The molecule has 10 heteroatoms. The zero-order valence-electron chi connectivity index (χ0n) is 19.0. The molecule has 1 amide bonds. The Morgan fingerprint density at radius 3 is 2.36 bits per heavy atom. The highest BCUT2D eigenvalue weighted by molar-refractivity contribution is 7.93. The molecule has 2 aromatic heterocycles. The molecule has 176 valence electrons. The van der Waals surface area contributed by atoms with Crippen LogP contribution in [0.25, 0.3) is 16.9 Å². The van der Waals surface area contributed by atoms with Crippen molar-refractivity contribution in [1.82, 2.24) is 19.2 Å². The number of nitrogens with zero attached hydrogens (tertiary/aromatic N) is 4. The zero-order chi connectivity index (χ0) is 23.8. The van der Waals surface area contributed by atoms with E-state index < -0.39 is 15.3 Å². The van der Waals surface area contributed by atoms with E-state index in [1.165, 1.54) is 0 Å². The topological polar surface area (TPSA) is 87.0 Å². The molecular formula is C23H28ClN5O3S. The highest BCUT2D eigenvalue weighted by atomic mass is 35.5. The van der Waals surface area contributed by atoms with Gasteiger partial charge in [-0.05, 0) is 38.1 Å². The number of rotatable bonds is 6. The largest absolute Gasteiger partial charge is 0.340 e. The van der Waals surface area contributed by atoms with Crippen LogP contribution in [0.5, 0.6) is 0 Å². The summed E-state index contributed by atoms with van der Waals surface area (Å²) in [6.45, 7) is 8.37. The maximum atomic E-state index is 12.4. The van der Waals surface area contributed by atoms with Crippen molar-refractivity contribution in [1.29, 1.82) is 0 Å². The molecule has 0 bridgehead atoms. The number of anilines is 1. The second-order valence-corrected chi connectivity index (χ2v) is 11.2. The molecule has 4 rings (SSSR count). The Bertz CT molecular complexity index is 1260. The van der Waals surface area contributed by atoms with Gasteiger partial charge in [0, 0.05) is 56.4 Å². The second kappa shape index (κ2) is 9.32. The Labute approximate surface area is 199 Å². The van der Waals surface area contributed by atoms with Crippen LogP contribution in [0.2, 0.25) is 5.02 Å². The van der Waals surface area contributed by atoms with Gasteiger partial charge in [0.15, 0.2) is 0 Å². The van der Waals surface area contributed by atoms with Crippen LogP contribution in [-0.2, 0) is 21.4 Å². The Kier molecular flexibility index (Phi) is 6.65. The summed E-state index contributed by atoms with van der Waals surface area (Å²) >= 11 is 6.09. The third-order valence-electron chi connectivity index (χ3n) is 5.91. The lowest BCUT2D eigenvalue weighted by atomic mass is 10.1. The van der Waals surface area contributed by atoms with E-state index in [9.17, 15) is 13.2 Å². The summed E-state index contributed by atoms with van der Waals surface area (Å²) in [6, 6.07) is 11.1. The molecular weight excluding hydrogens is 462 g/mol. The van der Waals surface area contributed by atoms with Crippen LogP contribution in [0.3, 0.4) is 0 Å². The summed E-state index contributed by atoms with van der Waals surface area (Å²) in [4.78, 5) is 20.7. The Hall–Kier alpha value is -2.62. The van der Waals surface area contributed by atoms with Gasteiger partial charge in [0.25, 0.3) is 0 Å². The first-order valence-electron chi connectivity index (χ1n) is 10.9. The van der Waals surface area contributed by atoms with Gasteiger partial charge in [-0.15, -0.1) is 0 Å². The summed E-state index contributed by atoms with van der Waals surface area (Å²) in [5, 5.41) is 0.104. The quantitative estimate of drug-likeness (QED) is 0.573. The normalized spacial score (nSPS) is 15.4. The number of pyridine rings is 1. The van der Waals surface area contributed by atoms with Gasteiger partial charge < -0.3 is 4.90 Å². The molecule has 0 atom stereocenters. The van der Waals surface area contributed by atoms with Gasteiger partial charge in [0.2, 0.25) is 15.9 Å². The molecule has 1 saturated heterocycles. The maximum Gasteiger partial charge on any atom is 0.235 e. The molecule has 3 heterocycles. The van der Waals surface area contributed by atoms with Crippen molar-refractivity contribution >= 4 is 38.9 Å². The fourth-order valence-corrected chi connectivity index (χ4v) is 4.67. The first-order chi connectivity index (χ1) is 15.6. The van der Waals surface area contributed by atoms with Crippen molar-refractivity contribution < 1.29 is 13.2 Å². The van der Waals surface area contributed by atoms with E-state index in [0.29, 0.717) is 30.3 Å². The number of aromatic nitrogens is 2. The molecule has 0 saturated carbocycles. The van der Waals surface area contributed by atoms with Crippen LogP contribution >= 0.6 is 11.6 Å². The monoisotopic (exact) mass is 489 g/mol.